The van der Waals surface area contributed by atoms with Crippen molar-refractivity contribution in [3.05, 3.63) is 76.3 Å². The monoisotopic (exact) mass is 469 g/mol. The van der Waals surface area contributed by atoms with Crippen LogP contribution in [-0.2, 0) is 0 Å². The number of aromatic nitrogens is 2. The van der Waals surface area contributed by atoms with E-state index in [1.54, 1.807) is 18.2 Å². The van der Waals surface area contributed by atoms with Crippen LogP contribution in [0.2, 0.25) is 5.02 Å². The van der Waals surface area contributed by atoms with E-state index >= 15 is 0 Å². The van der Waals surface area contributed by atoms with Gasteiger partial charge in [-0.15, -0.1) is 0 Å². The predicted octanol–water partition coefficient (Wildman–Crippen LogP) is 4.38. The van der Waals surface area contributed by atoms with Crippen LogP contribution in [0.15, 0.2) is 48.7 Å². The van der Waals surface area contributed by atoms with Crippen LogP contribution in [0.5, 0.6) is 5.75 Å². The highest BCUT2D eigenvalue weighted by molar-refractivity contribution is 7.80. The number of hydrogen-bond donors (Lipinski definition) is 2. The Kier molecular flexibility index (Phi) is 6.42. The van der Waals surface area contributed by atoms with Gasteiger partial charge in [0.25, 0.3) is 0 Å². The Morgan fingerprint density at radius 3 is 2.66 bits per heavy atom. The number of thiocarbonyl (C=S) groups is 1. The van der Waals surface area contributed by atoms with Gasteiger partial charge in [-0.3, -0.25) is 4.98 Å². The first-order chi connectivity index (χ1) is 15.3. The van der Waals surface area contributed by atoms with E-state index in [0.717, 1.165) is 40.8 Å². The first-order valence-electron chi connectivity index (χ1n) is 10.6. The van der Waals surface area contributed by atoms with E-state index in [1.165, 1.54) is 0 Å². The number of nitrogens with one attached hydrogen (secondary N) is 1. The second kappa shape index (κ2) is 9.10. The van der Waals surface area contributed by atoms with E-state index in [9.17, 15) is 5.11 Å². The number of halogens is 1. The molecule has 6 nitrogen and oxygen atoms in total. The third-order valence-corrected chi connectivity index (χ3v) is 6.54. The van der Waals surface area contributed by atoms with Crippen LogP contribution in [0.1, 0.15) is 34.7 Å². The van der Waals surface area contributed by atoms with E-state index in [4.69, 9.17) is 23.8 Å². The predicted molar refractivity (Wildman–Crippen MR) is 133 cm³/mol. The minimum Gasteiger partial charge on any atom is -0.506 e. The molecule has 1 aromatic carbocycles. The molecular weight excluding hydrogens is 442 g/mol. The van der Waals surface area contributed by atoms with Crippen LogP contribution >= 0.6 is 23.8 Å². The van der Waals surface area contributed by atoms with Crippen LogP contribution in [-0.4, -0.2) is 56.8 Å². The molecule has 1 fully saturated rings. The van der Waals surface area contributed by atoms with Gasteiger partial charge in [0.1, 0.15) is 5.75 Å². The summed E-state index contributed by atoms with van der Waals surface area (Å²) in [7, 11) is 4.12. The number of benzene rings is 1. The second-order valence-corrected chi connectivity index (χ2v) is 9.24. The van der Waals surface area contributed by atoms with Crippen LogP contribution in [0.3, 0.4) is 0 Å². The van der Waals surface area contributed by atoms with Gasteiger partial charge in [-0.25, -0.2) is 0 Å². The molecule has 0 radical (unpaired) electrons. The number of rotatable bonds is 6. The van der Waals surface area contributed by atoms with Gasteiger partial charge in [-0.05, 0) is 82.1 Å². The van der Waals surface area contributed by atoms with Gasteiger partial charge < -0.3 is 24.8 Å². The maximum atomic E-state index is 10.5. The Hall–Kier alpha value is -2.61. The normalized spacial score (nSPS) is 18.4. The fraction of sp³-hybridized carbons (Fsp3) is 0.333. The molecule has 0 saturated carbocycles. The van der Waals surface area contributed by atoms with Gasteiger partial charge in [-0.2, -0.15) is 0 Å². The van der Waals surface area contributed by atoms with E-state index in [2.05, 4.69) is 51.8 Å². The van der Waals surface area contributed by atoms with E-state index < -0.39 is 0 Å². The van der Waals surface area contributed by atoms with Crippen molar-refractivity contribution in [1.29, 1.82) is 0 Å². The molecule has 0 aliphatic carbocycles. The van der Waals surface area contributed by atoms with Crippen molar-refractivity contribution < 1.29 is 5.11 Å². The number of phenolic OH excluding ortho intramolecular Hbond substituents is 1. The molecule has 0 spiro atoms. The largest absolute Gasteiger partial charge is 0.506 e. The highest BCUT2D eigenvalue weighted by Gasteiger charge is 2.41. The zero-order chi connectivity index (χ0) is 23.0. The summed E-state index contributed by atoms with van der Waals surface area (Å²) in [6.45, 7) is 5.78. The summed E-state index contributed by atoms with van der Waals surface area (Å²) in [4.78, 5) is 9.02. The van der Waals surface area contributed by atoms with E-state index in [1.807, 2.05) is 31.3 Å². The fourth-order valence-corrected chi connectivity index (χ4v) is 4.92. The van der Waals surface area contributed by atoms with Crippen molar-refractivity contribution in [3.8, 4) is 11.4 Å². The number of pyridine rings is 1. The Labute approximate surface area is 199 Å². The third kappa shape index (κ3) is 4.20. The average molecular weight is 470 g/mol. The molecular formula is C24H28ClN5OS. The van der Waals surface area contributed by atoms with Crippen LogP contribution in [0.25, 0.3) is 5.69 Å². The summed E-state index contributed by atoms with van der Waals surface area (Å²) < 4.78 is 2.05. The fourth-order valence-electron chi connectivity index (χ4n) is 4.43. The summed E-state index contributed by atoms with van der Waals surface area (Å²) in [5.74, 6) is 0.188. The zero-order valence-corrected chi connectivity index (χ0v) is 20.3. The molecule has 1 aliphatic heterocycles. The summed E-state index contributed by atoms with van der Waals surface area (Å²) >= 11 is 12.0. The minimum absolute atomic E-state index is 0.0290. The zero-order valence-electron chi connectivity index (χ0n) is 18.7. The Balaban J connectivity index is 1.83. The maximum Gasteiger partial charge on any atom is 0.170 e. The lowest BCUT2D eigenvalue weighted by Crippen LogP contribution is -2.35. The summed E-state index contributed by atoms with van der Waals surface area (Å²) in [6, 6.07) is 13.1. The van der Waals surface area contributed by atoms with Gasteiger partial charge in [-0.1, -0.05) is 17.7 Å². The van der Waals surface area contributed by atoms with Gasteiger partial charge in [0.2, 0.25) is 0 Å². The van der Waals surface area contributed by atoms with Crippen molar-refractivity contribution in [2.24, 2.45) is 0 Å². The molecule has 1 saturated heterocycles. The van der Waals surface area contributed by atoms with Crippen molar-refractivity contribution in [1.82, 2.24) is 24.7 Å². The minimum atomic E-state index is -0.0761. The molecule has 2 aromatic heterocycles. The van der Waals surface area contributed by atoms with E-state index in [0.29, 0.717) is 10.7 Å². The van der Waals surface area contributed by atoms with Gasteiger partial charge >= 0.3 is 0 Å². The number of hydrogen-bond acceptors (Lipinski definition) is 4. The van der Waals surface area contributed by atoms with Crippen molar-refractivity contribution >= 4 is 28.9 Å². The molecule has 2 unspecified atom stereocenters. The number of phenols is 1. The molecule has 2 N–H and O–H groups in total. The molecule has 2 atom stereocenters. The lowest BCUT2D eigenvalue weighted by atomic mass is 9.96. The highest BCUT2D eigenvalue weighted by Crippen LogP contribution is 2.42. The SMILES string of the molecule is Cc1cc(C2C(c3ccccn3)NC(=S)N2CCN(C)C)c(C)n1-c1cc(Cl)ccc1O. The lowest BCUT2D eigenvalue weighted by molar-refractivity contribution is 0.277. The highest BCUT2D eigenvalue weighted by atomic mass is 35.5. The molecule has 4 rings (SSSR count). The summed E-state index contributed by atoms with van der Waals surface area (Å²) in [5, 5.41) is 15.4. The molecule has 0 bridgehead atoms. The van der Waals surface area contributed by atoms with E-state index in [-0.39, 0.29) is 17.8 Å². The smallest absolute Gasteiger partial charge is 0.170 e. The number of nitrogens with zero attached hydrogens (tertiary/aromatic N) is 4. The summed E-state index contributed by atoms with van der Waals surface area (Å²) in [6.07, 6.45) is 1.81. The summed E-state index contributed by atoms with van der Waals surface area (Å²) in [5.41, 5.74) is 4.81. The quantitative estimate of drug-likeness (QED) is 0.522. The topological polar surface area (TPSA) is 56.6 Å². The first-order valence-corrected chi connectivity index (χ1v) is 11.4. The molecule has 1 aliphatic rings. The molecule has 8 heteroatoms. The number of aromatic hydroxyl groups is 1. The molecule has 3 aromatic rings. The van der Waals surface area contributed by atoms with Crippen molar-refractivity contribution in [2.45, 2.75) is 25.9 Å². The Bertz CT molecular complexity index is 1130. The molecule has 0 amide bonds. The Morgan fingerprint density at radius 1 is 1.19 bits per heavy atom. The van der Waals surface area contributed by atoms with Crippen molar-refractivity contribution in [2.75, 3.05) is 27.2 Å². The molecule has 32 heavy (non-hydrogen) atoms. The van der Waals surface area contributed by atoms with Gasteiger partial charge in [0, 0.05) is 35.7 Å². The van der Waals surface area contributed by atoms with Crippen molar-refractivity contribution in [3.63, 3.8) is 0 Å². The second-order valence-electron chi connectivity index (χ2n) is 8.42. The number of aryl methyl sites for hydroxylation is 1. The van der Waals surface area contributed by atoms with Crippen LogP contribution in [0.4, 0.5) is 0 Å². The number of likely N-dealkylation sites (N-methyl/N-ethyl adjacent to an activating group) is 1. The average Bonchev–Trinajstić information content (AvgIpc) is 3.24. The lowest BCUT2D eigenvalue weighted by Gasteiger charge is -2.29. The van der Waals surface area contributed by atoms with Crippen LogP contribution < -0.4 is 5.32 Å². The van der Waals surface area contributed by atoms with Crippen LogP contribution in [0, 0.1) is 13.8 Å². The van der Waals surface area contributed by atoms with Gasteiger partial charge in [0.15, 0.2) is 5.11 Å². The first kappa shape index (κ1) is 22.6. The molecule has 168 valence electrons. The Morgan fingerprint density at radius 2 is 1.97 bits per heavy atom. The standard InChI is InChI=1S/C24H28ClN5OS/c1-15-13-18(16(2)30(15)20-14-17(25)8-9-21(20)31)23-22(19-7-5-6-10-26-19)27-24(32)29(23)12-11-28(3)4/h5-10,13-14,22-23,31H,11-12H2,1-4H3,(H,27,32). The maximum absolute atomic E-state index is 10.5. The third-order valence-electron chi connectivity index (χ3n) is 5.95. The molecule has 3 heterocycles. The van der Waals surface area contributed by atoms with Gasteiger partial charge in [0.05, 0.1) is 23.5 Å².